The molecule has 0 aliphatic carbocycles. The van der Waals surface area contributed by atoms with E-state index >= 15 is 0 Å². The summed E-state index contributed by atoms with van der Waals surface area (Å²) in [5.74, 6) is -0.223. The number of nitrogens with zero attached hydrogens (tertiary/aromatic N) is 4. The maximum Gasteiger partial charge on any atom is 0.313 e. The van der Waals surface area contributed by atoms with Crippen molar-refractivity contribution in [1.82, 2.24) is 19.7 Å². The maximum atomic E-state index is 10.6. The lowest BCUT2D eigenvalue weighted by Gasteiger charge is -2.07. The molecule has 0 aliphatic rings. The highest BCUT2D eigenvalue weighted by molar-refractivity contribution is 7.99. The molecular formula is C12H14N4O2S. The summed E-state index contributed by atoms with van der Waals surface area (Å²) in [5, 5.41) is 17.5. The number of rotatable bonds is 5. The van der Waals surface area contributed by atoms with Crippen molar-refractivity contribution < 1.29 is 9.90 Å². The number of thioether (sulfide) groups is 1. The molecule has 0 radical (unpaired) electrons. The number of pyridine rings is 1. The fourth-order valence-corrected chi connectivity index (χ4v) is 2.42. The van der Waals surface area contributed by atoms with Crippen molar-refractivity contribution >= 4 is 17.7 Å². The van der Waals surface area contributed by atoms with E-state index in [4.69, 9.17) is 5.11 Å². The van der Waals surface area contributed by atoms with Gasteiger partial charge in [-0.2, -0.15) is 0 Å². The average Bonchev–Trinajstić information content (AvgIpc) is 2.79. The molecule has 2 aromatic rings. The van der Waals surface area contributed by atoms with Crippen molar-refractivity contribution in [3.8, 4) is 11.5 Å². The molecule has 0 aromatic carbocycles. The number of carbonyl (C=O) groups is 1. The fraction of sp³-hybridized carbons (Fsp3) is 0.333. The summed E-state index contributed by atoms with van der Waals surface area (Å²) < 4.78 is 1.88. The van der Waals surface area contributed by atoms with Crippen LogP contribution in [-0.2, 0) is 11.3 Å². The van der Waals surface area contributed by atoms with Gasteiger partial charge in [-0.25, -0.2) is 0 Å². The Morgan fingerprint density at radius 3 is 2.89 bits per heavy atom. The van der Waals surface area contributed by atoms with Gasteiger partial charge in [0.25, 0.3) is 0 Å². The molecule has 2 heterocycles. The van der Waals surface area contributed by atoms with Crippen LogP contribution in [0.1, 0.15) is 12.5 Å². The molecule has 0 spiro atoms. The first kappa shape index (κ1) is 13.5. The molecule has 2 aromatic heterocycles. The van der Waals surface area contributed by atoms with Gasteiger partial charge in [0.2, 0.25) is 0 Å². The van der Waals surface area contributed by atoms with E-state index in [1.165, 1.54) is 0 Å². The van der Waals surface area contributed by atoms with Crippen LogP contribution in [-0.4, -0.2) is 36.6 Å². The van der Waals surface area contributed by atoms with E-state index in [1.807, 2.05) is 30.5 Å². The van der Waals surface area contributed by atoms with Crippen LogP contribution >= 0.6 is 11.8 Å². The van der Waals surface area contributed by atoms with Crippen LogP contribution in [0.3, 0.4) is 0 Å². The number of carboxylic acid groups (broad SMARTS) is 1. The van der Waals surface area contributed by atoms with Gasteiger partial charge < -0.3 is 9.67 Å². The Bertz CT molecular complexity index is 597. The Kier molecular flexibility index (Phi) is 4.16. The minimum atomic E-state index is -0.869. The van der Waals surface area contributed by atoms with Crippen molar-refractivity contribution in [3.05, 3.63) is 23.9 Å². The maximum absolute atomic E-state index is 10.6. The van der Waals surface area contributed by atoms with Crippen molar-refractivity contribution in [3.63, 3.8) is 0 Å². The highest BCUT2D eigenvalue weighted by atomic mass is 32.2. The SMILES string of the molecule is CCn1c(SCC(=O)O)nnc1-c1ncccc1C. The molecule has 0 saturated heterocycles. The summed E-state index contributed by atoms with van der Waals surface area (Å²) in [6.45, 7) is 4.59. The van der Waals surface area contributed by atoms with Gasteiger partial charge in [0, 0.05) is 12.7 Å². The normalized spacial score (nSPS) is 10.6. The molecule has 19 heavy (non-hydrogen) atoms. The number of aromatic nitrogens is 4. The first-order chi connectivity index (χ1) is 9.13. The van der Waals surface area contributed by atoms with Gasteiger partial charge in [-0.3, -0.25) is 9.78 Å². The van der Waals surface area contributed by atoms with Gasteiger partial charge in [-0.1, -0.05) is 17.8 Å². The largest absolute Gasteiger partial charge is 0.481 e. The predicted molar refractivity (Wildman–Crippen MR) is 72.0 cm³/mol. The minimum Gasteiger partial charge on any atom is -0.481 e. The van der Waals surface area contributed by atoms with Crippen LogP contribution < -0.4 is 0 Å². The summed E-state index contributed by atoms with van der Waals surface area (Å²) in [5.41, 5.74) is 1.79. The number of hydrogen-bond donors (Lipinski definition) is 1. The molecule has 0 fully saturated rings. The van der Waals surface area contributed by atoms with Crippen LogP contribution in [0.4, 0.5) is 0 Å². The van der Waals surface area contributed by atoms with Crippen LogP contribution in [0.15, 0.2) is 23.5 Å². The quantitative estimate of drug-likeness (QED) is 0.841. The zero-order valence-corrected chi connectivity index (χ0v) is 11.5. The summed E-state index contributed by atoms with van der Waals surface area (Å²) in [6, 6.07) is 3.83. The lowest BCUT2D eigenvalue weighted by molar-refractivity contribution is -0.133. The summed E-state index contributed by atoms with van der Waals surface area (Å²) in [6.07, 6.45) is 1.71. The minimum absolute atomic E-state index is 0.0284. The van der Waals surface area contributed by atoms with Crippen molar-refractivity contribution in [1.29, 1.82) is 0 Å². The zero-order chi connectivity index (χ0) is 13.8. The number of aryl methyl sites for hydroxylation is 1. The van der Waals surface area contributed by atoms with Crippen LogP contribution in [0.5, 0.6) is 0 Å². The van der Waals surface area contributed by atoms with Crippen LogP contribution in [0.2, 0.25) is 0 Å². The molecule has 0 aliphatic heterocycles. The first-order valence-electron chi connectivity index (χ1n) is 5.83. The smallest absolute Gasteiger partial charge is 0.313 e. The monoisotopic (exact) mass is 278 g/mol. The molecule has 7 heteroatoms. The number of hydrogen-bond acceptors (Lipinski definition) is 5. The van der Waals surface area contributed by atoms with Crippen molar-refractivity contribution in [2.24, 2.45) is 0 Å². The molecule has 2 rings (SSSR count). The Hall–Kier alpha value is -1.89. The van der Waals surface area contributed by atoms with E-state index in [1.54, 1.807) is 6.20 Å². The van der Waals surface area contributed by atoms with E-state index in [2.05, 4.69) is 15.2 Å². The summed E-state index contributed by atoms with van der Waals surface area (Å²) in [4.78, 5) is 14.9. The van der Waals surface area contributed by atoms with Crippen molar-refractivity contribution in [2.45, 2.75) is 25.5 Å². The Balaban J connectivity index is 2.37. The fourth-order valence-electron chi connectivity index (χ4n) is 1.70. The second kappa shape index (κ2) is 5.83. The molecule has 100 valence electrons. The average molecular weight is 278 g/mol. The molecule has 0 atom stereocenters. The second-order valence-electron chi connectivity index (χ2n) is 3.90. The third kappa shape index (κ3) is 2.93. The first-order valence-corrected chi connectivity index (χ1v) is 6.81. The third-order valence-corrected chi connectivity index (χ3v) is 3.53. The standard InChI is InChI=1S/C12H14N4O2S/c1-3-16-11(10-8(2)5-4-6-13-10)14-15-12(16)19-7-9(17)18/h4-6H,3,7H2,1-2H3,(H,17,18). The summed E-state index contributed by atoms with van der Waals surface area (Å²) in [7, 11) is 0. The van der Waals surface area contributed by atoms with Crippen LogP contribution in [0.25, 0.3) is 11.5 Å². The highest BCUT2D eigenvalue weighted by Gasteiger charge is 2.16. The van der Waals surface area contributed by atoms with E-state index in [-0.39, 0.29) is 5.75 Å². The Morgan fingerprint density at radius 2 is 2.26 bits per heavy atom. The van der Waals surface area contributed by atoms with Gasteiger partial charge in [-0.15, -0.1) is 10.2 Å². The van der Waals surface area contributed by atoms with E-state index in [9.17, 15) is 4.79 Å². The molecule has 6 nitrogen and oxygen atoms in total. The molecule has 0 bridgehead atoms. The molecule has 0 unspecified atom stereocenters. The molecule has 1 N–H and O–H groups in total. The molecule has 0 saturated carbocycles. The topological polar surface area (TPSA) is 80.9 Å². The van der Waals surface area contributed by atoms with Gasteiger partial charge in [0.15, 0.2) is 11.0 Å². The predicted octanol–water partition coefficient (Wildman–Crippen LogP) is 1.85. The van der Waals surface area contributed by atoms with Gasteiger partial charge in [-0.05, 0) is 25.5 Å². The second-order valence-corrected chi connectivity index (χ2v) is 4.84. The third-order valence-electron chi connectivity index (χ3n) is 2.58. The lowest BCUT2D eigenvalue weighted by atomic mass is 10.2. The summed E-state index contributed by atoms with van der Waals surface area (Å²) >= 11 is 1.16. The zero-order valence-electron chi connectivity index (χ0n) is 10.7. The number of aliphatic carboxylic acids is 1. The van der Waals surface area contributed by atoms with Gasteiger partial charge in [0.1, 0.15) is 5.69 Å². The Labute approximate surface area is 114 Å². The molecule has 0 amide bonds. The van der Waals surface area contributed by atoms with Crippen molar-refractivity contribution in [2.75, 3.05) is 5.75 Å². The van der Waals surface area contributed by atoms with E-state index < -0.39 is 5.97 Å². The van der Waals surface area contributed by atoms with Gasteiger partial charge >= 0.3 is 5.97 Å². The van der Waals surface area contributed by atoms with Crippen LogP contribution in [0, 0.1) is 6.92 Å². The lowest BCUT2D eigenvalue weighted by Crippen LogP contribution is -2.04. The van der Waals surface area contributed by atoms with Gasteiger partial charge in [0.05, 0.1) is 5.75 Å². The Morgan fingerprint density at radius 1 is 1.47 bits per heavy atom. The highest BCUT2D eigenvalue weighted by Crippen LogP contribution is 2.24. The van der Waals surface area contributed by atoms with E-state index in [0.717, 1.165) is 23.0 Å². The molecular weight excluding hydrogens is 264 g/mol. The van der Waals surface area contributed by atoms with E-state index in [0.29, 0.717) is 17.5 Å². The number of carboxylic acids is 1.